The van der Waals surface area contributed by atoms with E-state index in [1.54, 1.807) is 0 Å². The molecule has 1 saturated heterocycles. The van der Waals surface area contributed by atoms with Crippen molar-refractivity contribution in [2.75, 3.05) is 63.2 Å². The van der Waals surface area contributed by atoms with Crippen molar-refractivity contribution in [3.8, 4) is 0 Å². The maximum absolute atomic E-state index is 12.5. The molecule has 178 valence electrons. The molecule has 33 heavy (non-hydrogen) atoms. The van der Waals surface area contributed by atoms with Gasteiger partial charge in [-0.15, -0.1) is 0 Å². The summed E-state index contributed by atoms with van der Waals surface area (Å²) in [5.41, 5.74) is 3.18. The first-order chi connectivity index (χ1) is 15.9. The number of amides is 1. The zero-order chi connectivity index (χ0) is 23.8. The van der Waals surface area contributed by atoms with E-state index >= 15 is 0 Å². The van der Waals surface area contributed by atoms with Crippen LogP contribution in [0.1, 0.15) is 41.9 Å². The number of nitrogens with one attached hydrogen (secondary N) is 2. The molecule has 2 heterocycles. The molecule has 8 nitrogen and oxygen atoms in total. The molecule has 0 radical (unpaired) electrons. The summed E-state index contributed by atoms with van der Waals surface area (Å²) in [5.74, 6) is 0.596. The highest BCUT2D eigenvalue weighted by Gasteiger charge is 2.20. The zero-order valence-corrected chi connectivity index (χ0v) is 20.2. The van der Waals surface area contributed by atoms with Crippen LogP contribution in [0.5, 0.6) is 0 Å². The van der Waals surface area contributed by atoms with Crippen LogP contribution < -0.4 is 20.7 Å². The summed E-state index contributed by atoms with van der Waals surface area (Å²) in [6, 6.07) is 7.78. The van der Waals surface area contributed by atoms with Gasteiger partial charge in [-0.2, -0.15) is 0 Å². The Bertz CT molecular complexity index is 1000. The normalized spacial score (nSPS) is 14.3. The first-order valence-corrected chi connectivity index (χ1v) is 11.7. The summed E-state index contributed by atoms with van der Waals surface area (Å²) in [5, 5.41) is 2.98. The molecule has 1 aromatic carbocycles. The predicted molar refractivity (Wildman–Crippen MR) is 135 cm³/mol. The van der Waals surface area contributed by atoms with E-state index in [0.29, 0.717) is 24.5 Å². The van der Waals surface area contributed by atoms with Gasteiger partial charge in [0.1, 0.15) is 0 Å². The number of rotatable bonds is 9. The molecular weight excluding hydrogens is 416 g/mol. The lowest BCUT2D eigenvalue weighted by Gasteiger charge is -2.36. The zero-order valence-electron chi connectivity index (χ0n) is 20.2. The number of hydrogen-bond donors (Lipinski definition) is 2. The number of aromatic nitrogens is 2. The Morgan fingerprint density at radius 2 is 1.82 bits per heavy atom. The number of anilines is 2. The van der Waals surface area contributed by atoms with Crippen molar-refractivity contribution in [1.29, 1.82) is 0 Å². The van der Waals surface area contributed by atoms with Crippen LogP contribution in [-0.2, 0) is 6.42 Å². The summed E-state index contributed by atoms with van der Waals surface area (Å²) < 4.78 is 0. The third-order valence-corrected chi connectivity index (χ3v) is 5.85. The van der Waals surface area contributed by atoms with E-state index in [1.165, 1.54) is 0 Å². The Morgan fingerprint density at radius 1 is 1.15 bits per heavy atom. The van der Waals surface area contributed by atoms with E-state index in [4.69, 9.17) is 4.98 Å². The summed E-state index contributed by atoms with van der Waals surface area (Å²) in [4.78, 5) is 39.0. The molecule has 0 atom stereocenters. The number of allylic oxidation sites excluding steroid dienone is 1. The highest BCUT2D eigenvalue weighted by Crippen LogP contribution is 2.19. The Balaban J connectivity index is 1.58. The van der Waals surface area contributed by atoms with E-state index in [2.05, 4.69) is 25.0 Å². The van der Waals surface area contributed by atoms with Crippen molar-refractivity contribution in [3.05, 3.63) is 57.5 Å². The molecule has 0 bridgehead atoms. The highest BCUT2D eigenvalue weighted by molar-refractivity contribution is 5.94. The molecule has 0 unspecified atom stereocenters. The van der Waals surface area contributed by atoms with E-state index in [0.717, 1.165) is 56.1 Å². The van der Waals surface area contributed by atoms with Gasteiger partial charge in [0.05, 0.1) is 5.69 Å². The minimum atomic E-state index is -0.0615. The molecule has 1 aromatic heterocycles. The van der Waals surface area contributed by atoms with E-state index in [-0.39, 0.29) is 11.5 Å². The average molecular weight is 453 g/mol. The van der Waals surface area contributed by atoms with Gasteiger partial charge in [0, 0.05) is 49.5 Å². The second-order valence-electron chi connectivity index (χ2n) is 8.54. The van der Waals surface area contributed by atoms with Gasteiger partial charge in [-0.05, 0) is 70.7 Å². The molecule has 0 aliphatic carbocycles. The Hall–Kier alpha value is -3.13. The number of benzene rings is 1. The number of nitrogens with zero attached hydrogens (tertiary/aromatic N) is 4. The smallest absolute Gasteiger partial charge is 0.256 e. The summed E-state index contributed by atoms with van der Waals surface area (Å²) in [6.45, 7) is 8.68. The molecule has 8 heteroatoms. The first-order valence-electron chi connectivity index (χ1n) is 11.7. The first kappa shape index (κ1) is 24.5. The van der Waals surface area contributed by atoms with Gasteiger partial charge >= 0.3 is 0 Å². The van der Waals surface area contributed by atoms with Gasteiger partial charge in [0.2, 0.25) is 5.95 Å². The van der Waals surface area contributed by atoms with Crippen molar-refractivity contribution in [3.63, 3.8) is 0 Å². The lowest BCUT2D eigenvalue weighted by molar-refractivity contribution is 0.0952. The summed E-state index contributed by atoms with van der Waals surface area (Å²) in [6.07, 6.45) is 5.39. The summed E-state index contributed by atoms with van der Waals surface area (Å²) in [7, 11) is 4.05. The molecule has 1 aliphatic rings. The van der Waals surface area contributed by atoms with Gasteiger partial charge in [0.25, 0.3) is 11.5 Å². The molecule has 3 rings (SSSR count). The van der Waals surface area contributed by atoms with E-state index in [9.17, 15) is 9.59 Å². The monoisotopic (exact) mass is 452 g/mol. The number of aromatic amines is 1. The number of H-pyrrole nitrogens is 1. The lowest BCUT2D eigenvalue weighted by Crippen LogP contribution is -2.47. The number of hydrogen-bond acceptors (Lipinski definition) is 6. The maximum Gasteiger partial charge on any atom is 0.256 e. The van der Waals surface area contributed by atoms with Crippen LogP contribution >= 0.6 is 0 Å². The fraction of sp³-hybridized carbons (Fsp3) is 0.480. The Labute approximate surface area is 196 Å². The van der Waals surface area contributed by atoms with Crippen molar-refractivity contribution < 1.29 is 4.79 Å². The fourth-order valence-corrected chi connectivity index (χ4v) is 3.99. The predicted octanol–water partition coefficient (Wildman–Crippen LogP) is 2.37. The minimum Gasteiger partial charge on any atom is -0.368 e. The molecule has 2 aromatic rings. The molecule has 1 fully saturated rings. The highest BCUT2D eigenvalue weighted by atomic mass is 16.1. The van der Waals surface area contributed by atoms with Crippen LogP contribution in [0.4, 0.5) is 11.6 Å². The van der Waals surface area contributed by atoms with Gasteiger partial charge < -0.3 is 20.0 Å². The van der Waals surface area contributed by atoms with Crippen LogP contribution in [-0.4, -0.2) is 74.1 Å². The van der Waals surface area contributed by atoms with Crippen molar-refractivity contribution in [2.24, 2.45) is 0 Å². The van der Waals surface area contributed by atoms with Gasteiger partial charge in [-0.1, -0.05) is 13.0 Å². The number of carbonyl (C=O) groups excluding carboxylic acids is 1. The number of carbonyl (C=O) groups is 1. The molecular formula is C25H36N6O2. The van der Waals surface area contributed by atoms with Crippen LogP contribution in [0, 0.1) is 0 Å². The van der Waals surface area contributed by atoms with Crippen molar-refractivity contribution >= 4 is 23.6 Å². The third-order valence-electron chi connectivity index (χ3n) is 5.85. The Kier molecular flexibility index (Phi) is 8.65. The largest absolute Gasteiger partial charge is 0.368 e. The van der Waals surface area contributed by atoms with Gasteiger partial charge in [-0.25, -0.2) is 4.98 Å². The second-order valence-corrected chi connectivity index (χ2v) is 8.54. The van der Waals surface area contributed by atoms with Crippen LogP contribution in [0.2, 0.25) is 0 Å². The third kappa shape index (κ3) is 6.44. The van der Waals surface area contributed by atoms with Crippen LogP contribution in [0.3, 0.4) is 0 Å². The Morgan fingerprint density at radius 3 is 2.42 bits per heavy atom. The topological polar surface area (TPSA) is 84.6 Å². The van der Waals surface area contributed by atoms with Crippen molar-refractivity contribution in [2.45, 2.75) is 26.7 Å². The molecule has 2 N–H and O–H groups in total. The van der Waals surface area contributed by atoms with Gasteiger partial charge in [0.15, 0.2) is 0 Å². The van der Waals surface area contributed by atoms with Crippen molar-refractivity contribution in [1.82, 2.24) is 20.2 Å². The fourth-order valence-electron chi connectivity index (χ4n) is 3.99. The second kappa shape index (κ2) is 11.7. The SMILES string of the molecule is C/C=C\c1nc(N2CCN(c3ccc(C(=O)NCCCN(C)C)cc3)CC2)[nH]c(=O)c1CC. The quantitative estimate of drug-likeness (QED) is 0.569. The molecule has 0 spiro atoms. The minimum absolute atomic E-state index is 0.0346. The molecule has 1 amide bonds. The van der Waals surface area contributed by atoms with E-state index in [1.807, 2.05) is 64.4 Å². The lowest BCUT2D eigenvalue weighted by atomic mass is 10.1. The standard InChI is InChI=1S/C25H36N6O2/c1-5-8-22-21(6-2)24(33)28-25(27-22)31-17-15-30(16-18-31)20-11-9-19(10-12-20)23(32)26-13-7-14-29(3)4/h5,8-12H,6-7,13-18H2,1-4H3,(H,26,32)(H,27,28,33)/b8-5-. The van der Waals surface area contributed by atoms with Crippen LogP contribution in [0.15, 0.2) is 35.1 Å². The van der Waals surface area contributed by atoms with E-state index < -0.39 is 0 Å². The maximum atomic E-state index is 12.5. The average Bonchev–Trinajstić information content (AvgIpc) is 2.82. The van der Waals surface area contributed by atoms with Crippen LogP contribution in [0.25, 0.3) is 6.08 Å². The number of piperazine rings is 1. The van der Waals surface area contributed by atoms with Gasteiger partial charge in [-0.3, -0.25) is 14.6 Å². The molecule has 1 aliphatic heterocycles. The molecule has 0 saturated carbocycles. The summed E-state index contributed by atoms with van der Waals surface area (Å²) >= 11 is 0.